The average Bonchev–Trinajstić information content (AvgIpc) is 2.33. The quantitative estimate of drug-likeness (QED) is 0.813. The number of amides is 1. The Morgan fingerprint density at radius 3 is 2.67 bits per heavy atom. The van der Waals surface area contributed by atoms with Crippen LogP contribution >= 0.6 is 23.5 Å². The molecule has 0 bridgehead atoms. The SMILES string of the molecule is CC(C)(C)CC(CN)C(=O)NCC1CSCCS1. The van der Waals surface area contributed by atoms with Gasteiger partial charge in [-0.05, 0) is 11.8 Å². The van der Waals surface area contributed by atoms with Gasteiger partial charge < -0.3 is 11.1 Å². The molecule has 0 saturated carbocycles. The van der Waals surface area contributed by atoms with Crippen molar-refractivity contribution in [1.82, 2.24) is 5.32 Å². The van der Waals surface area contributed by atoms with Crippen LogP contribution in [0.25, 0.3) is 0 Å². The predicted molar refractivity (Wildman–Crippen MR) is 83.2 cm³/mol. The summed E-state index contributed by atoms with van der Waals surface area (Å²) < 4.78 is 0. The number of hydrogen-bond donors (Lipinski definition) is 2. The molecule has 0 radical (unpaired) electrons. The van der Waals surface area contributed by atoms with Gasteiger partial charge in [-0.25, -0.2) is 0 Å². The summed E-state index contributed by atoms with van der Waals surface area (Å²) in [4.78, 5) is 12.1. The molecule has 0 aromatic carbocycles. The molecule has 1 fully saturated rings. The van der Waals surface area contributed by atoms with Crippen molar-refractivity contribution in [2.24, 2.45) is 17.1 Å². The van der Waals surface area contributed by atoms with Gasteiger partial charge in [-0.2, -0.15) is 23.5 Å². The van der Waals surface area contributed by atoms with Crippen LogP contribution in [0, 0.1) is 11.3 Å². The summed E-state index contributed by atoms with van der Waals surface area (Å²) in [5, 5.41) is 3.64. The number of carbonyl (C=O) groups is 1. The molecule has 18 heavy (non-hydrogen) atoms. The molecule has 5 heteroatoms. The van der Waals surface area contributed by atoms with Crippen LogP contribution in [0.1, 0.15) is 27.2 Å². The summed E-state index contributed by atoms with van der Waals surface area (Å²) >= 11 is 3.95. The maximum absolute atomic E-state index is 12.1. The van der Waals surface area contributed by atoms with Crippen LogP contribution in [0.3, 0.4) is 0 Å². The molecule has 2 unspecified atom stereocenters. The second kappa shape index (κ2) is 7.65. The van der Waals surface area contributed by atoms with Crippen molar-refractivity contribution in [2.45, 2.75) is 32.4 Å². The van der Waals surface area contributed by atoms with Crippen molar-refractivity contribution in [3.63, 3.8) is 0 Å². The van der Waals surface area contributed by atoms with E-state index in [1.54, 1.807) is 0 Å². The Hall–Kier alpha value is 0.130. The van der Waals surface area contributed by atoms with Gasteiger partial charge in [0.15, 0.2) is 0 Å². The summed E-state index contributed by atoms with van der Waals surface area (Å²) in [6.07, 6.45) is 0.849. The first-order valence-corrected chi connectivity index (χ1v) is 8.80. The van der Waals surface area contributed by atoms with Crippen LogP contribution in [-0.2, 0) is 4.79 Å². The number of carbonyl (C=O) groups excluding carboxylic acids is 1. The van der Waals surface area contributed by atoms with Gasteiger partial charge in [0, 0.05) is 35.6 Å². The zero-order valence-corrected chi connectivity index (χ0v) is 13.3. The molecule has 0 aromatic rings. The van der Waals surface area contributed by atoms with Gasteiger partial charge in [0.25, 0.3) is 0 Å². The van der Waals surface area contributed by atoms with E-state index in [0.717, 1.165) is 18.7 Å². The Balaban J connectivity index is 2.32. The lowest BCUT2D eigenvalue weighted by molar-refractivity contribution is -0.125. The van der Waals surface area contributed by atoms with E-state index >= 15 is 0 Å². The molecule has 1 saturated heterocycles. The Kier molecular flexibility index (Phi) is 6.88. The summed E-state index contributed by atoms with van der Waals surface area (Å²) in [6.45, 7) is 7.68. The van der Waals surface area contributed by atoms with Crippen LogP contribution < -0.4 is 11.1 Å². The van der Waals surface area contributed by atoms with Gasteiger partial charge >= 0.3 is 0 Å². The maximum atomic E-state index is 12.1. The molecule has 0 aromatic heterocycles. The first-order valence-electron chi connectivity index (χ1n) is 6.59. The van der Waals surface area contributed by atoms with E-state index in [-0.39, 0.29) is 17.2 Å². The van der Waals surface area contributed by atoms with E-state index < -0.39 is 0 Å². The molecule has 1 amide bonds. The standard InChI is InChI=1S/C13H26N2OS2/c1-13(2,3)6-10(7-14)12(16)15-8-11-9-17-4-5-18-11/h10-11H,4-9,14H2,1-3H3,(H,15,16). The highest BCUT2D eigenvalue weighted by molar-refractivity contribution is 8.06. The second-order valence-electron chi connectivity index (χ2n) is 6.01. The third kappa shape index (κ3) is 6.34. The molecule has 2 atom stereocenters. The number of nitrogens with one attached hydrogen (secondary N) is 1. The van der Waals surface area contributed by atoms with Gasteiger partial charge in [0.05, 0.1) is 5.92 Å². The predicted octanol–water partition coefficient (Wildman–Crippen LogP) is 1.96. The normalized spacial score (nSPS) is 22.6. The van der Waals surface area contributed by atoms with E-state index in [9.17, 15) is 4.79 Å². The van der Waals surface area contributed by atoms with Gasteiger partial charge in [0.2, 0.25) is 5.91 Å². The number of hydrogen-bond acceptors (Lipinski definition) is 4. The molecule has 1 heterocycles. The fourth-order valence-corrected chi connectivity index (χ4v) is 4.65. The maximum Gasteiger partial charge on any atom is 0.224 e. The fourth-order valence-electron chi connectivity index (χ4n) is 2.04. The number of rotatable bonds is 5. The van der Waals surface area contributed by atoms with Crippen LogP contribution in [0.4, 0.5) is 0 Å². The van der Waals surface area contributed by atoms with Gasteiger partial charge in [-0.3, -0.25) is 4.79 Å². The Morgan fingerprint density at radius 1 is 1.44 bits per heavy atom. The molecule has 3 nitrogen and oxygen atoms in total. The zero-order valence-electron chi connectivity index (χ0n) is 11.7. The minimum atomic E-state index is -0.0498. The summed E-state index contributed by atoms with van der Waals surface area (Å²) in [7, 11) is 0. The second-order valence-corrected chi connectivity index (χ2v) is 8.57. The fraction of sp³-hybridized carbons (Fsp3) is 0.923. The van der Waals surface area contributed by atoms with Crippen molar-refractivity contribution >= 4 is 29.4 Å². The van der Waals surface area contributed by atoms with Crippen molar-refractivity contribution in [3.8, 4) is 0 Å². The minimum absolute atomic E-state index is 0.0498. The van der Waals surface area contributed by atoms with Crippen LogP contribution in [-0.4, -0.2) is 41.5 Å². The molecule has 1 aliphatic rings. The highest BCUT2D eigenvalue weighted by Gasteiger charge is 2.24. The van der Waals surface area contributed by atoms with Crippen molar-refractivity contribution in [1.29, 1.82) is 0 Å². The number of thioether (sulfide) groups is 2. The van der Waals surface area contributed by atoms with E-state index in [4.69, 9.17) is 5.73 Å². The first kappa shape index (κ1) is 16.2. The number of nitrogens with two attached hydrogens (primary N) is 1. The summed E-state index contributed by atoms with van der Waals surface area (Å²) in [5.41, 5.74) is 5.87. The lowest BCUT2D eigenvalue weighted by Gasteiger charge is -2.26. The van der Waals surface area contributed by atoms with Crippen molar-refractivity contribution in [2.75, 3.05) is 30.3 Å². The molecule has 0 spiro atoms. The molecular weight excluding hydrogens is 264 g/mol. The Morgan fingerprint density at radius 2 is 2.17 bits per heavy atom. The highest BCUT2D eigenvalue weighted by Crippen LogP contribution is 2.25. The van der Waals surface area contributed by atoms with Gasteiger partial charge in [0.1, 0.15) is 0 Å². The summed E-state index contributed by atoms with van der Waals surface area (Å²) in [6, 6.07) is 0. The van der Waals surface area contributed by atoms with Crippen molar-refractivity contribution in [3.05, 3.63) is 0 Å². The summed E-state index contributed by atoms with van der Waals surface area (Å²) in [5.74, 6) is 3.67. The van der Waals surface area contributed by atoms with Crippen LogP contribution in [0.5, 0.6) is 0 Å². The molecule has 1 aliphatic heterocycles. The minimum Gasteiger partial charge on any atom is -0.355 e. The van der Waals surface area contributed by atoms with E-state index in [1.165, 1.54) is 11.5 Å². The molecule has 106 valence electrons. The van der Waals surface area contributed by atoms with Crippen LogP contribution in [0.2, 0.25) is 0 Å². The molecule has 1 rings (SSSR count). The highest BCUT2D eigenvalue weighted by atomic mass is 32.2. The Labute approximate surface area is 119 Å². The topological polar surface area (TPSA) is 55.1 Å². The van der Waals surface area contributed by atoms with Gasteiger partial charge in [-0.1, -0.05) is 20.8 Å². The first-order chi connectivity index (χ1) is 8.42. The molecule has 3 N–H and O–H groups in total. The molecule has 0 aliphatic carbocycles. The largest absolute Gasteiger partial charge is 0.355 e. The lowest BCUT2D eigenvalue weighted by Crippen LogP contribution is -2.40. The van der Waals surface area contributed by atoms with E-state index in [1.807, 2.05) is 23.5 Å². The average molecular weight is 290 g/mol. The third-order valence-corrected chi connectivity index (χ3v) is 5.75. The monoisotopic (exact) mass is 290 g/mol. The zero-order chi connectivity index (χ0) is 13.6. The molecular formula is C13H26N2OS2. The third-order valence-electron chi connectivity index (χ3n) is 2.90. The Bertz CT molecular complexity index is 260. The smallest absolute Gasteiger partial charge is 0.224 e. The van der Waals surface area contributed by atoms with Gasteiger partial charge in [-0.15, -0.1) is 0 Å². The van der Waals surface area contributed by atoms with E-state index in [0.29, 0.717) is 11.8 Å². The van der Waals surface area contributed by atoms with Crippen LogP contribution in [0.15, 0.2) is 0 Å². The van der Waals surface area contributed by atoms with E-state index in [2.05, 4.69) is 26.1 Å². The lowest BCUT2D eigenvalue weighted by atomic mass is 9.84. The van der Waals surface area contributed by atoms with Crippen molar-refractivity contribution < 1.29 is 4.79 Å².